The predicted molar refractivity (Wildman–Crippen MR) is 58.6 cm³/mol. The molecule has 0 bridgehead atoms. The van der Waals surface area contributed by atoms with Gasteiger partial charge in [0.05, 0.1) is 0 Å². The molecular weight excluding hydrogens is 192 g/mol. The Morgan fingerprint density at radius 1 is 1.67 bits per heavy atom. The minimum atomic E-state index is -0.194. The highest BCUT2D eigenvalue weighted by Crippen LogP contribution is 1.90. The van der Waals surface area contributed by atoms with Crippen molar-refractivity contribution in [2.75, 3.05) is 6.54 Å². The van der Waals surface area contributed by atoms with Gasteiger partial charge >= 0.3 is 0 Å². The van der Waals surface area contributed by atoms with Crippen LogP contribution >= 0.6 is 0 Å². The summed E-state index contributed by atoms with van der Waals surface area (Å²) >= 11 is 0. The Kier molecular flexibility index (Phi) is 3.85. The fraction of sp³-hybridized carbons (Fsp3) is 0.273. The van der Waals surface area contributed by atoms with Crippen LogP contribution in [0.25, 0.3) is 0 Å². The largest absolute Gasteiger partial charge is 0.351 e. The molecule has 80 valence electrons. The molecule has 1 rings (SSSR count). The summed E-state index contributed by atoms with van der Waals surface area (Å²) in [5.74, 6) is -0.194. The number of hydrogen-bond donors (Lipinski definition) is 1. The van der Waals surface area contributed by atoms with Crippen LogP contribution in [0.15, 0.2) is 35.8 Å². The third kappa shape index (κ3) is 3.42. The molecule has 0 atom stereocenters. The first kappa shape index (κ1) is 11.2. The standard InChI is InChI=1S/C11H14N2O2/c1-3-5-12-10(14)8-13-6-4-9(2)7-11(13)15/h3-4,6-7H,1,5,8H2,2H3,(H,12,14). The molecule has 0 fully saturated rings. The third-order valence-corrected chi connectivity index (χ3v) is 1.91. The summed E-state index contributed by atoms with van der Waals surface area (Å²) in [4.78, 5) is 22.7. The van der Waals surface area contributed by atoms with E-state index in [-0.39, 0.29) is 18.0 Å². The maximum Gasteiger partial charge on any atom is 0.251 e. The molecule has 0 aliphatic rings. The highest BCUT2D eigenvalue weighted by molar-refractivity contribution is 5.75. The van der Waals surface area contributed by atoms with E-state index in [1.807, 2.05) is 6.92 Å². The van der Waals surface area contributed by atoms with Gasteiger partial charge in [-0.25, -0.2) is 0 Å². The van der Waals surface area contributed by atoms with Crippen LogP contribution in [0.1, 0.15) is 5.56 Å². The van der Waals surface area contributed by atoms with Crippen LogP contribution in [0, 0.1) is 6.92 Å². The first-order valence-corrected chi connectivity index (χ1v) is 4.68. The van der Waals surface area contributed by atoms with Gasteiger partial charge in [0.15, 0.2) is 0 Å². The fourth-order valence-corrected chi connectivity index (χ4v) is 1.13. The van der Waals surface area contributed by atoms with E-state index in [0.29, 0.717) is 6.54 Å². The van der Waals surface area contributed by atoms with Crippen molar-refractivity contribution in [3.8, 4) is 0 Å². The number of carbonyl (C=O) groups excluding carboxylic acids is 1. The van der Waals surface area contributed by atoms with Crippen molar-refractivity contribution in [3.05, 3.63) is 46.9 Å². The SMILES string of the molecule is C=CCNC(=O)Cn1ccc(C)cc1=O. The van der Waals surface area contributed by atoms with E-state index in [1.54, 1.807) is 18.3 Å². The number of nitrogens with one attached hydrogen (secondary N) is 1. The highest BCUT2D eigenvalue weighted by Gasteiger charge is 2.02. The molecule has 0 unspecified atom stereocenters. The van der Waals surface area contributed by atoms with Crippen LogP contribution in [0.5, 0.6) is 0 Å². The maximum absolute atomic E-state index is 11.4. The van der Waals surface area contributed by atoms with Gasteiger partial charge in [0.1, 0.15) is 6.54 Å². The Morgan fingerprint density at radius 2 is 2.40 bits per heavy atom. The van der Waals surface area contributed by atoms with Crippen molar-refractivity contribution in [3.63, 3.8) is 0 Å². The smallest absolute Gasteiger partial charge is 0.251 e. The summed E-state index contributed by atoms with van der Waals surface area (Å²) in [6.45, 7) is 5.79. The molecule has 1 aromatic rings. The Morgan fingerprint density at radius 3 is 3.00 bits per heavy atom. The second kappa shape index (κ2) is 5.14. The van der Waals surface area contributed by atoms with E-state index in [4.69, 9.17) is 0 Å². The number of rotatable bonds is 4. The zero-order chi connectivity index (χ0) is 11.3. The summed E-state index contributed by atoms with van der Waals surface area (Å²) in [7, 11) is 0. The summed E-state index contributed by atoms with van der Waals surface area (Å²) in [5, 5.41) is 2.61. The molecule has 0 saturated carbocycles. The van der Waals surface area contributed by atoms with Crippen LogP contribution in [0.3, 0.4) is 0 Å². The van der Waals surface area contributed by atoms with Gasteiger partial charge in [-0.1, -0.05) is 6.08 Å². The number of amides is 1. The second-order valence-electron chi connectivity index (χ2n) is 3.26. The number of aromatic nitrogens is 1. The van der Waals surface area contributed by atoms with Crippen LogP contribution in [-0.4, -0.2) is 17.0 Å². The molecule has 1 amide bonds. The monoisotopic (exact) mass is 206 g/mol. The molecule has 4 nitrogen and oxygen atoms in total. The minimum absolute atomic E-state index is 0.0486. The van der Waals surface area contributed by atoms with Gasteiger partial charge in [-0.2, -0.15) is 0 Å². The van der Waals surface area contributed by atoms with Gasteiger partial charge in [0.25, 0.3) is 5.56 Å². The molecule has 1 aromatic heterocycles. The molecule has 0 radical (unpaired) electrons. The molecule has 0 saturated heterocycles. The highest BCUT2D eigenvalue weighted by atomic mass is 16.2. The van der Waals surface area contributed by atoms with Crippen molar-refractivity contribution in [2.45, 2.75) is 13.5 Å². The van der Waals surface area contributed by atoms with Crippen molar-refractivity contribution < 1.29 is 4.79 Å². The Bertz CT molecular complexity index is 421. The van der Waals surface area contributed by atoms with E-state index in [2.05, 4.69) is 11.9 Å². The molecule has 4 heteroatoms. The number of aryl methyl sites for hydroxylation is 1. The second-order valence-corrected chi connectivity index (χ2v) is 3.26. The third-order valence-electron chi connectivity index (χ3n) is 1.91. The maximum atomic E-state index is 11.4. The minimum Gasteiger partial charge on any atom is -0.351 e. The molecule has 0 aromatic carbocycles. The Balaban J connectivity index is 2.68. The molecule has 0 spiro atoms. The van der Waals surface area contributed by atoms with Gasteiger partial charge < -0.3 is 9.88 Å². The van der Waals surface area contributed by atoms with Crippen molar-refractivity contribution in [1.82, 2.24) is 9.88 Å². The first-order chi connectivity index (χ1) is 7.13. The number of hydrogen-bond acceptors (Lipinski definition) is 2. The summed E-state index contributed by atoms with van der Waals surface area (Å²) in [6.07, 6.45) is 3.21. The van der Waals surface area contributed by atoms with E-state index in [1.165, 1.54) is 10.6 Å². The lowest BCUT2D eigenvalue weighted by Gasteiger charge is -2.05. The van der Waals surface area contributed by atoms with Gasteiger partial charge in [0.2, 0.25) is 5.91 Å². The zero-order valence-corrected chi connectivity index (χ0v) is 8.69. The normalized spacial score (nSPS) is 9.67. The molecule has 0 aliphatic heterocycles. The summed E-state index contributed by atoms with van der Waals surface area (Å²) in [5.41, 5.74) is 0.728. The number of nitrogens with zero attached hydrogens (tertiary/aromatic N) is 1. The Labute approximate surface area is 88.2 Å². The zero-order valence-electron chi connectivity index (χ0n) is 8.69. The molecule has 1 heterocycles. The van der Waals surface area contributed by atoms with Crippen LogP contribution in [0.4, 0.5) is 0 Å². The van der Waals surface area contributed by atoms with E-state index >= 15 is 0 Å². The number of pyridine rings is 1. The van der Waals surface area contributed by atoms with Gasteiger partial charge in [-0.15, -0.1) is 6.58 Å². The molecule has 15 heavy (non-hydrogen) atoms. The lowest BCUT2D eigenvalue weighted by Crippen LogP contribution is -2.31. The number of carbonyl (C=O) groups is 1. The van der Waals surface area contributed by atoms with Crippen molar-refractivity contribution in [1.29, 1.82) is 0 Å². The summed E-state index contributed by atoms with van der Waals surface area (Å²) in [6, 6.07) is 3.29. The molecular formula is C11H14N2O2. The van der Waals surface area contributed by atoms with E-state index in [0.717, 1.165) is 5.56 Å². The predicted octanol–water partition coefficient (Wildman–Crippen LogP) is 0.459. The van der Waals surface area contributed by atoms with Crippen LogP contribution in [0.2, 0.25) is 0 Å². The van der Waals surface area contributed by atoms with Crippen LogP contribution in [-0.2, 0) is 11.3 Å². The van der Waals surface area contributed by atoms with Gasteiger partial charge in [-0.05, 0) is 18.6 Å². The lowest BCUT2D eigenvalue weighted by molar-refractivity contribution is -0.121. The van der Waals surface area contributed by atoms with Crippen molar-refractivity contribution >= 4 is 5.91 Å². The van der Waals surface area contributed by atoms with Gasteiger partial charge in [-0.3, -0.25) is 9.59 Å². The van der Waals surface area contributed by atoms with Crippen LogP contribution < -0.4 is 10.9 Å². The average molecular weight is 206 g/mol. The van der Waals surface area contributed by atoms with E-state index in [9.17, 15) is 9.59 Å². The topological polar surface area (TPSA) is 51.1 Å². The first-order valence-electron chi connectivity index (χ1n) is 4.68. The fourth-order valence-electron chi connectivity index (χ4n) is 1.13. The molecule has 0 aliphatic carbocycles. The summed E-state index contributed by atoms with van der Waals surface area (Å²) < 4.78 is 1.37. The van der Waals surface area contributed by atoms with Gasteiger partial charge in [0, 0.05) is 18.8 Å². The lowest BCUT2D eigenvalue weighted by atomic mass is 10.3. The van der Waals surface area contributed by atoms with Crippen molar-refractivity contribution in [2.24, 2.45) is 0 Å². The molecule has 1 N–H and O–H groups in total. The average Bonchev–Trinajstić information content (AvgIpc) is 2.19. The Hall–Kier alpha value is -1.84. The quantitative estimate of drug-likeness (QED) is 0.727. The van der Waals surface area contributed by atoms with E-state index < -0.39 is 0 Å².